The number of ketones is 1. The van der Waals surface area contributed by atoms with Crippen LogP contribution in [0.2, 0.25) is 0 Å². The summed E-state index contributed by atoms with van der Waals surface area (Å²) in [6.07, 6.45) is 0.233. The SMILES string of the molecule is CC(N)c1nc(C(=O)Cc2cccc(O)c2)cs1. The topological polar surface area (TPSA) is 76.2 Å². The average Bonchev–Trinajstić information content (AvgIpc) is 2.78. The van der Waals surface area contributed by atoms with Crippen molar-refractivity contribution in [2.24, 2.45) is 5.73 Å². The van der Waals surface area contributed by atoms with Gasteiger partial charge in [0.1, 0.15) is 16.5 Å². The van der Waals surface area contributed by atoms with Crippen molar-refractivity contribution in [1.29, 1.82) is 0 Å². The Morgan fingerprint density at radius 3 is 2.94 bits per heavy atom. The minimum Gasteiger partial charge on any atom is -0.508 e. The molecule has 1 heterocycles. The molecule has 1 atom stereocenters. The van der Waals surface area contributed by atoms with Crippen LogP contribution >= 0.6 is 11.3 Å². The molecule has 0 saturated carbocycles. The van der Waals surface area contributed by atoms with Gasteiger partial charge in [0.15, 0.2) is 5.78 Å². The van der Waals surface area contributed by atoms with Crippen LogP contribution in [0, 0.1) is 0 Å². The van der Waals surface area contributed by atoms with Gasteiger partial charge in [-0.1, -0.05) is 12.1 Å². The van der Waals surface area contributed by atoms with Gasteiger partial charge in [0, 0.05) is 11.8 Å². The first-order valence-electron chi connectivity index (χ1n) is 5.58. The van der Waals surface area contributed by atoms with Crippen LogP contribution in [0.4, 0.5) is 0 Å². The maximum atomic E-state index is 12.0. The van der Waals surface area contributed by atoms with Crippen LogP contribution in [0.25, 0.3) is 0 Å². The van der Waals surface area contributed by atoms with E-state index >= 15 is 0 Å². The second-order valence-electron chi connectivity index (χ2n) is 4.13. The molecule has 0 bridgehead atoms. The number of hydrogen-bond acceptors (Lipinski definition) is 5. The lowest BCUT2D eigenvalue weighted by molar-refractivity contribution is 0.0988. The quantitative estimate of drug-likeness (QED) is 0.829. The maximum absolute atomic E-state index is 12.0. The van der Waals surface area contributed by atoms with Crippen molar-refractivity contribution in [2.75, 3.05) is 0 Å². The number of Topliss-reactive ketones (excluding diaryl/α,β-unsaturated/α-hetero) is 1. The summed E-state index contributed by atoms with van der Waals surface area (Å²) in [5, 5.41) is 11.8. The van der Waals surface area contributed by atoms with Crippen molar-refractivity contribution in [1.82, 2.24) is 4.98 Å². The summed E-state index contributed by atoms with van der Waals surface area (Å²) in [7, 11) is 0. The number of nitrogens with zero attached hydrogens (tertiary/aromatic N) is 1. The van der Waals surface area contributed by atoms with Crippen molar-refractivity contribution >= 4 is 17.1 Å². The largest absolute Gasteiger partial charge is 0.508 e. The predicted molar refractivity (Wildman–Crippen MR) is 70.9 cm³/mol. The summed E-state index contributed by atoms with van der Waals surface area (Å²) >= 11 is 1.39. The fraction of sp³-hybridized carbons (Fsp3) is 0.231. The van der Waals surface area contributed by atoms with E-state index in [1.54, 1.807) is 29.6 Å². The van der Waals surface area contributed by atoms with Gasteiger partial charge in [-0.25, -0.2) is 4.98 Å². The maximum Gasteiger partial charge on any atom is 0.186 e. The highest BCUT2D eigenvalue weighted by atomic mass is 32.1. The zero-order valence-corrected chi connectivity index (χ0v) is 10.8. The number of nitrogens with two attached hydrogens (primary N) is 1. The van der Waals surface area contributed by atoms with E-state index in [2.05, 4.69) is 4.98 Å². The highest BCUT2D eigenvalue weighted by Gasteiger charge is 2.13. The molecule has 0 amide bonds. The Morgan fingerprint density at radius 1 is 1.56 bits per heavy atom. The van der Waals surface area contributed by atoms with Crippen molar-refractivity contribution in [3.63, 3.8) is 0 Å². The van der Waals surface area contributed by atoms with Gasteiger partial charge in [0.25, 0.3) is 0 Å². The highest BCUT2D eigenvalue weighted by Crippen LogP contribution is 2.18. The average molecular weight is 262 g/mol. The molecule has 3 N–H and O–H groups in total. The lowest BCUT2D eigenvalue weighted by atomic mass is 10.1. The van der Waals surface area contributed by atoms with Gasteiger partial charge in [-0.2, -0.15) is 0 Å². The number of phenols is 1. The van der Waals surface area contributed by atoms with E-state index in [4.69, 9.17) is 5.73 Å². The van der Waals surface area contributed by atoms with E-state index in [-0.39, 0.29) is 24.0 Å². The number of carbonyl (C=O) groups is 1. The number of rotatable bonds is 4. The molecule has 0 saturated heterocycles. The fourth-order valence-corrected chi connectivity index (χ4v) is 2.35. The van der Waals surface area contributed by atoms with Gasteiger partial charge in [0.2, 0.25) is 0 Å². The van der Waals surface area contributed by atoms with Crippen LogP contribution in [0.1, 0.15) is 34.0 Å². The van der Waals surface area contributed by atoms with Crippen LogP contribution in [-0.2, 0) is 6.42 Å². The summed E-state index contributed by atoms with van der Waals surface area (Å²) in [6, 6.07) is 6.52. The molecule has 18 heavy (non-hydrogen) atoms. The molecule has 2 rings (SSSR count). The number of aromatic hydroxyl groups is 1. The molecule has 0 aliphatic carbocycles. The molecule has 0 fully saturated rings. The third-order valence-corrected chi connectivity index (χ3v) is 3.52. The molecule has 0 radical (unpaired) electrons. The molecule has 94 valence electrons. The third kappa shape index (κ3) is 2.94. The standard InChI is InChI=1S/C13H14N2O2S/c1-8(14)13-15-11(7-18-13)12(17)6-9-3-2-4-10(16)5-9/h2-5,7-8,16H,6,14H2,1H3. The molecule has 4 nitrogen and oxygen atoms in total. The first-order chi connectivity index (χ1) is 8.56. The second-order valence-corrected chi connectivity index (χ2v) is 5.02. The van der Waals surface area contributed by atoms with E-state index < -0.39 is 0 Å². The zero-order valence-electron chi connectivity index (χ0n) is 9.96. The molecule has 0 aliphatic heterocycles. The molecular formula is C13H14N2O2S. The molecule has 1 aromatic carbocycles. The molecule has 1 unspecified atom stereocenters. The first kappa shape index (κ1) is 12.7. The number of thiazole rings is 1. The number of carbonyl (C=O) groups excluding carboxylic acids is 1. The van der Waals surface area contributed by atoms with Crippen LogP contribution in [0.3, 0.4) is 0 Å². The molecule has 0 spiro atoms. The molecule has 0 aliphatic rings. The number of benzene rings is 1. The minimum atomic E-state index is -0.155. The monoisotopic (exact) mass is 262 g/mol. The van der Waals surface area contributed by atoms with E-state index in [0.717, 1.165) is 10.6 Å². The normalized spacial score (nSPS) is 12.3. The van der Waals surface area contributed by atoms with Crippen LogP contribution in [0.5, 0.6) is 5.75 Å². The number of aromatic nitrogens is 1. The molecular weight excluding hydrogens is 248 g/mol. The van der Waals surface area contributed by atoms with Gasteiger partial charge < -0.3 is 10.8 Å². The summed E-state index contributed by atoms with van der Waals surface area (Å²) in [5.41, 5.74) is 6.92. The highest BCUT2D eigenvalue weighted by molar-refractivity contribution is 7.09. The lowest BCUT2D eigenvalue weighted by Gasteiger charge is -2.00. The van der Waals surface area contributed by atoms with Crippen LogP contribution in [-0.4, -0.2) is 15.9 Å². The smallest absolute Gasteiger partial charge is 0.186 e. The molecule has 5 heteroatoms. The van der Waals surface area contributed by atoms with Gasteiger partial charge in [0.05, 0.1) is 6.04 Å². The summed E-state index contributed by atoms with van der Waals surface area (Å²) in [4.78, 5) is 16.2. The Hall–Kier alpha value is -1.72. The predicted octanol–water partition coefficient (Wildman–Crippen LogP) is 2.29. The molecule has 2 aromatic rings. The summed E-state index contributed by atoms with van der Waals surface area (Å²) in [5.74, 6) is 0.0959. The van der Waals surface area contributed by atoms with E-state index in [1.807, 2.05) is 6.92 Å². The Labute approximate surface area is 109 Å². The Kier molecular flexibility index (Phi) is 3.74. The Bertz CT molecular complexity index is 564. The Balaban J connectivity index is 2.12. The Morgan fingerprint density at radius 2 is 2.33 bits per heavy atom. The van der Waals surface area contributed by atoms with Crippen molar-refractivity contribution in [2.45, 2.75) is 19.4 Å². The van der Waals surface area contributed by atoms with Crippen molar-refractivity contribution in [3.05, 3.63) is 45.9 Å². The summed E-state index contributed by atoms with van der Waals surface area (Å²) in [6.45, 7) is 1.84. The minimum absolute atomic E-state index is 0.0660. The van der Waals surface area contributed by atoms with E-state index in [0.29, 0.717) is 5.69 Å². The first-order valence-corrected chi connectivity index (χ1v) is 6.46. The fourth-order valence-electron chi connectivity index (χ4n) is 1.57. The van der Waals surface area contributed by atoms with E-state index in [9.17, 15) is 9.90 Å². The zero-order chi connectivity index (χ0) is 13.1. The number of hydrogen-bond donors (Lipinski definition) is 2. The van der Waals surface area contributed by atoms with Crippen molar-refractivity contribution in [3.8, 4) is 5.75 Å². The van der Waals surface area contributed by atoms with Crippen molar-refractivity contribution < 1.29 is 9.90 Å². The van der Waals surface area contributed by atoms with Gasteiger partial charge in [-0.05, 0) is 24.6 Å². The van der Waals surface area contributed by atoms with Crippen LogP contribution in [0.15, 0.2) is 29.6 Å². The van der Waals surface area contributed by atoms with Gasteiger partial charge >= 0.3 is 0 Å². The van der Waals surface area contributed by atoms with Crippen LogP contribution < -0.4 is 5.73 Å². The number of phenolic OH excluding ortho intramolecular Hbond substituents is 1. The van der Waals surface area contributed by atoms with E-state index in [1.165, 1.54) is 11.3 Å². The lowest BCUT2D eigenvalue weighted by Crippen LogP contribution is -2.07. The van der Waals surface area contributed by atoms with Gasteiger partial charge in [-0.15, -0.1) is 11.3 Å². The van der Waals surface area contributed by atoms with Gasteiger partial charge in [-0.3, -0.25) is 4.79 Å². The third-order valence-electron chi connectivity index (χ3n) is 2.47. The second kappa shape index (κ2) is 5.29. The summed E-state index contributed by atoms with van der Waals surface area (Å²) < 4.78 is 0. The molecule has 1 aromatic heterocycles.